The van der Waals surface area contributed by atoms with Gasteiger partial charge in [0.1, 0.15) is 0 Å². The van der Waals surface area contributed by atoms with E-state index in [1.165, 1.54) is 10.2 Å². The van der Waals surface area contributed by atoms with Gasteiger partial charge in [0, 0.05) is 17.8 Å². The van der Waals surface area contributed by atoms with Gasteiger partial charge in [-0.3, -0.25) is 0 Å². The number of hydrogen-bond donors (Lipinski definition) is 0. The highest BCUT2D eigenvalue weighted by atomic mass is 32.2. The fraction of sp³-hybridized carbons (Fsp3) is 0.333. The van der Waals surface area contributed by atoms with Crippen LogP contribution in [0, 0.1) is 0 Å². The first kappa shape index (κ1) is 20.4. The van der Waals surface area contributed by atoms with E-state index in [0.29, 0.717) is 17.1 Å². The number of amides is 1. The van der Waals surface area contributed by atoms with Gasteiger partial charge in [-0.25, -0.2) is 9.59 Å². The van der Waals surface area contributed by atoms with Crippen molar-refractivity contribution in [1.82, 2.24) is 19.8 Å². The number of carbonyl (C=O) groups excluding carboxylic acids is 1. The summed E-state index contributed by atoms with van der Waals surface area (Å²) >= 11 is 1.14. The molecule has 3 aromatic rings. The number of tetrazole rings is 1. The van der Waals surface area contributed by atoms with E-state index in [-0.39, 0.29) is 0 Å². The first-order valence-corrected chi connectivity index (χ1v) is 11.0. The molecule has 1 aromatic heterocycles. The van der Waals surface area contributed by atoms with Crippen LogP contribution in [0.3, 0.4) is 0 Å². The number of anilines is 1. The molecule has 0 unspecified atom stereocenters. The highest BCUT2D eigenvalue weighted by Crippen LogP contribution is 2.26. The van der Waals surface area contributed by atoms with Crippen molar-refractivity contribution in [1.29, 1.82) is 0 Å². The summed E-state index contributed by atoms with van der Waals surface area (Å²) in [7, 11) is 0. The van der Waals surface area contributed by atoms with E-state index in [1.807, 2.05) is 25.1 Å². The molecule has 156 valence electrons. The summed E-state index contributed by atoms with van der Waals surface area (Å²) in [4.78, 5) is 26.2. The Balaban J connectivity index is 1.68. The minimum Gasteiger partial charge on any atom is -0.243 e. The predicted octanol–water partition coefficient (Wildman–Crippen LogP) is 3.77. The van der Waals surface area contributed by atoms with Crippen molar-refractivity contribution < 1.29 is 9.08 Å². The first-order valence-electron chi connectivity index (χ1n) is 10.1. The number of rotatable bonds is 6. The number of aromatic nitrogens is 4. The lowest BCUT2D eigenvalue weighted by Gasteiger charge is -2.19. The average molecular weight is 426 g/mol. The van der Waals surface area contributed by atoms with Crippen LogP contribution in [0.1, 0.15) is 37.3 Å². The Morgan fingerprint density at radius 3 is 2.70 bits per heavy atom. The van der Waals surface area contributed by atoms with E-state index in [1.54, 1.807) is 24.3 Å². The van der Waals surface area contributed by atoms with Crippen molar-refractivity contribution in [2.45, 2.75) is 39.0 Å². The van der Waals surface area contributed by atoms with Gasteiger partial charge in [-0.05, 0) is 71.9 Å². The Morgan fingerprint density at radius 2 is 1.90 bits per heavy atom. The molecular weight excluding hydrogens is 402 g/mol. The van der Waals surface area contributed by atoms with Gasteiger partial charge in [0.05, 0.1) is 11.4 Å². The highest BCUT2D eigenvalue weighted by Gasteiger charge is 2.26. The third kappa shape index (κ3) is 4.03. The molecule has 0 N–H and O–H groups in total. The molecule has 0 saturated carbocycles. The molecule has 1 heterocycles. The van der Waals surface area contributed by atoms with E-state index >= 15 is 0 Å². The molecule has 0 aliphatic heterocycles. The third-order valence-corrected chi connectivity index (χ3v) is 5.77. The number of fused-ring (bicyclic) bond motifs is 1. The van der Waals surface area contributed by atoms with Gasteiger partial charge >= 0.3 is 11.7 Å². The first-order chi connectivity index (χ1) is 14.7. The quantitative estimate of drug-likeness (QED) is 0.259. The van der Waals surface area contributed by atoms with Crippen molar-refractivity contribution >= 4 is 23.8 Å². The number of para-hydroxylation sites is 1. The Morgan fingerprint density at radius 1 is 1.10 bits per heavy atom. The lowest BCUT2D eigenvalue weighted by molar-refractivity contribution is 0.219. The number of hydroxylamine groups is 1. The molecule has 0 bridgehead atoms. The van der Waals surface area contributed by atoms with Crippen molar-refractivity contribution in [2.75, 3.05) is 10.8 Å². The van der Waals surface area contributed by atoms with Gasteiger partial charge in [0.15, 0.2) is 0 Å². The topological polar surface area (TPSA) is 82.2 Å². The van der Waals surface area contributed by atoms with Crippen LogP contribution in [-0.4, -0.2) is 31.6 Å². The monoisotopic (exact) mass is 425 g/mol. The number of benzene rings is 2. The molecule has 1 aliphatic rings. The molecule has 4 rings (SSSR count). The van der Waals surface area contributed by atoms with Gasteiger partial charge in [-0.2, -0.15) is 14.0 Å². The van der Waals surface area contributed by atoms with Crippen LogP contribution in [-0.2, 0) is 17.1 Å². The lowest BCUT2D eigenvalue weighted by atomic mass is 9.90. The predicted molar refractivity (Wildman–Crippen MR) is 116 cm³/mol. The van der Waals surface area contributed by atoms with Gasteiger partial charge in [-0.15, -0.1) is 4.68 Å². The van der Waals surface area contributed by atoms with Crippen LogP contribution in [0.4, 0.5) is 10.5 Å². The Bertz CT molecular complexity index is 1080. The molecule has 0 spiro atoms. The average Bonchev–Trinajstić information content (AvgIpc) is 3.17. The fourth-order valence-corrected chi connectivity index (χ4v) is 3.98. The summed E-state index contributed by atoms with van der Waals surface area (Å²) in [5, 5.41) is 8.92. The van der Waals surface area contributed by atoms with Crippen molar-refractivity contribution in [3.05, 3.63) is 70.1 Å². The number of carbonyl (C=O) groups is 1. The summed E-state index contributed by atoms with van der Waals surface area (Å²) in [6, 6.07) is 14.0. The summed E-state index contributed by atoms with van der Waals surface area (Å²) in [6.07, 6.45) is 4.95. The minimum atomic E-state index is -0.717. The second-order valence-electron chi connectivity index (χ2n) is 7.02. The van der Waals surface area contributed by atoms with Gasteiger partial charge in [-0.1, -0.05) is 37.3 Å². The normalized spacial score (nSPS) is 13.1. The summed E-state index contributed by atoms with van der Waals surface area (Å²) in [6.45, 7) is 2.02. The lowest BCUT2D eigenvalue weighted by Crippen LogP contribution is -2.40. The maximum absolute atomic E-state index is 13.1. The van der Waals surface area contributed by atoms with Crippen molar-refractivity contribution in [3.63, 3.8) is 0 Å². The molecule has 0 saturated heterocycles. The van der Waals surface area contributed by atoms with Crippen molar-refractivity contribution in [3.8, 4) is 5.69 Å². The maximum Gasteiger partial charge on any atom is 0.380 e. The van der Waals surface area contributed by atoms with E-state index < -0.39 is 11.7 Å². The largest absolute Gasteiger partial charge is 0.380 e. The third-order valence-electron chi connectivity index (χ3n) is 4.94. The molecule has 1 aliphatic carbocycles. The Hall–Kier alpha value is -2.91. The summed E-state index contributed by atoms with van der Waals surface area (Å²) in [5.74, 6) is 0.703. The van der Waals surface area contributed by atoms with Gasteiger partial charge in [0.25, 0.3) is 0 Å². The van der Waals surface area contributed by atoms with E-state index in [4.69, 9.17) is 4.28 Å². The Labute approximate surface area is 178 Å². The molecule has 0 atom stereocenters. The van der Waals surface area contributed by atoms with Gasteiger partial charge < -0.3 is 0 Å². The van der Waals surface area contributed by atoms with Gasteiger partial charge in [0.2, 0.25) is 0 Å². The van der Waals surface area contributed by atoms with E-state index in [2.05, 4.69) is 16.5 Å². The van der Waals surface area contributed by atoms with Crippen LogP contribution in [0.5, 0.6) is 0 Å². The smallest absolute Gasteiger partial charge is 0.243 e. The molecule has 0 radical (unpaired) electrons. The summed E-state index contributed by atoms with van der Waals surface area (Å²) in [5.41, 5.74) is 2.88. The molecule has 2 aromatic carbocycles. The van der Waals surface area contributed by atoms with Crippen molar-refractivity contribution in [2.24, 2.45) is 0 Å². The maximum atomic E-state index is 13.1. The second kappa shape index (κ2) is 9.27. The number of nitrogens with zero attached hydrogens (tertiary/aromatic N) is 5. The van der Waals surface area contributed by atoms with Crippen LogP contribution in [0.15, 0.2) is 53.3 Å². The zero-order valence-corrected chi connectivity index (χ0v) is 17.5. The summed E-state index contributed by atoms with van der Waals surface area (Å²) < 4.78 is 7.55. The molecule has 1 amide bonds. The second-order valence-corrected chi connectivity index (χ2v) is 7.81. The van der Waals surface area contributed by atoms with Crippen LogP contribution in [0.25, 0.3) is 5.69 Å². The SMILES string of the molecule is CCCSON(C(=O)n1nnn(-c2cccc3c2CCCC3)c1=O)c1ccccc1. The fourth-order valence-electron chi connectivity index (χ4n) is 3.49. The van der Waals surface area contributed by atoms with E-state index in [0.717, 1.165) is 59.5 Å². The number of aryl methyl sites for hydroxylation is 1. The minimum absolute atomic E-state index is 0.504. The zero-order valence-electron chi connectivity index (χ0n) is 16.7. The van der Waals surface area contributed by atoms with E-state index in [9.17, 15) is 9.59 Å². The molecule has 30 heavy (non-hydrogen) atoms. The standard InChI is InChI=1S/C21H23N5O3S/c1-2-15-30-29-26(17-11-4-3-5-12-17)21(28)25-20(27)24(22-23-25)19-14-8-10-16-9-6-7-13-18(16)19/h3-5,8,10-12,14H,2,6-7,9,13,15H2,1H3. The zero-order chi connectivity index (χ0) is 20.9. The van der Waals surface area contributed by atoms with Crippen LogP contribution >= 0.6 is 12.0 Å². The Kier molecular flexibility index (Phi) is 6.29. The van der Waals surface area contributed by atoms with Crippen LogP contribution in [0.2, 0.25) is 0 Å². The molecule has 0 fully saturated rings. The molecule has 9 heteroatoms. The van der Waals surface area contributed by atoms with Crippen LogP contribution < -0.4 is 10.8 Å². The number of hydrogen-bond acceptors (Lipinski definition) is 6. The molecule has 8 nitrogen and oxygen atoms in total. The molecular formula is C21H23N5O3S. The highest BCUT2D eigenvalue weighted by molar-refractivity contribution is 7.94.